The molecule has 0 saturated heterocycles. The summed E-state index contributed by atoms with van der Waals surface area (Å²) < 4.78 is 0. The first kappa shape index (κ1) is 15.2. The molecule has 3 nitrogen and oxygen atoms in total. The first-order chi connectivity index (χ1) is 9.52. The lowest BCUT2D eigenvalue weighted by Gasteiger charge is -2.35. The fourth-order valence-electron chi connectivity index (χ4n) is 3.24. The van der Waals surface area contributed by atoms with Crippen LogP contribution in [0, 0.1) is 5.92 Å². The topological polar surface area (TPSA) is 35.5 Å². The number of anilines is 1. The number of nitrogens with one attached hydrogen (secondary N) is 1. The molecule has 1 aliphatic rings. The number of benzene rings is 1. The average Bonchev–Trinajstić information content (AvgIpc) is 2.45. The second-order valence-electron chi connectivity index (χ2n) is 6.29. The quantitative estimate of drug-likeness (QED) is 0.880. The highest BCUT2D eigenvalue weighted by Crippen LogP contribution is 2.33. The SMILES string of the molecule is CNC(C)c1ccc(N(C)C2CCCC(C)C2)cc1O. The summed E-state index contributed by atoms with van der Waals surface area (Å²) in [7, 11) is 4.06. The van der Waals surface area contributed by atoms with Gasteiger partial charge in [0.2, 0.25) is 0 Å². The molecule has 0 bridgehead atoms. The largest absolute Gasteiger partial charge is 0.508 e. The van der Waals surface area contributed by atoms with Gasteiger partial charge in [0.15, 0.2) is 0 Å². The molecule has 3 heteroatoms. The van der Waals surface area contributed by atoms with Crippen molar-refractivity contribution in [1.29, 1.82) is 0 Å². The van der Waals surface area contributed by atoms with Gasteiger partial charge in [-0.05, 0) is 38.8 Å². The van der Waals surface area contributed by atoms with Gasteiger partial charge in [-0.3, -0.25) is 0 Å². The maximum absolute atomic E-state index is 10.2. The van der Waals surface area contributed by atoms with Gasteiger partial charge in [-0.15, -0.1) is 0 Å². The summed E-state index contributed by atoms with van der Waals surface area (Å²) in [6.07, 6.45) is 5.19. The highest BCUT2D eigenvalue weighted by Gasteiger charge is 2.23. The molecule has 0 aromatic heterocycles. The first-order valence-corrected chi connectivity index (χ1v) is 7.76. The third kappa shape index (κ3) is 3.26. The molecule has 0 heterocycles. The Morgan fingerprint density at radius 1 is 1.35 bits per heavy atom. The van der Waals surface area contributed by atoms with Gasteiger partial charge in [-0.25, -0.2) is 0 Å². The Hall–Kier alpha value is -1.22. The number of aromatic hydroxyl groups is 1. The van der Waals surface area contributed by atoms with Crippen LogP contribution in [0.5, 0.6) is 5.75 Å². The lowest BCUT2D eigenvalue weighted by atomic mass is 9.86. The molecule has 0 amide bonds. The van der Waals surface area contributed by atoms with Crippen molar-refractivity contribution in [2.45, 2.75) is 51.6 Å². The van der Waals surface area contributed by atoms with Crippen LogP contribution in [0.25, 0.3) is 0 Å². The Kier molecular flexibility index (Phi) is 4.92. The normalized spacial score (nSPS) is 24.4. The number of nitrogens with zero attached hydrogens (tertiary/aromatic N) is 1. The summed E-state index contributed by atoms with van der Waals surface area (Å²) in [5.74, 6) is 1.20. The molecule has 1 aromatic rings. The van der Waals surface area contributed by atoms with Crippen LogP contribution in [0.2, 0.25) is 0 Å². The molecular formula is C17H28N2O. The van der Waals surface area contributed by atoms with Crippen molar-refractivity contribution in [3.8, 4) is 5.75 Å². The van der Waals surface area contributed by atoms with Crippen LogP contribution in [0.15, 0.2) is 18.2 Å². The number of phenolic OH excluding ortho intramolecular Hbond substituents is 1. The minimum absolute atomic E-state index is 0.170. The summed E-state index contributed by atoms with van der Waals surface area (Å²) in [4.78, 5) is 2.34. The molecule has 3 unspecified atom stereocenters. The monoisotopic (exact) mass is 276 g/mol. The van der Waals surface area contributed by atoms with Crippen LogP contribution in [0.1, 0.15) is 51.1 Å². The summed E-state index contributed by atoms with van der Waals surface area (Å²) in [6, 6.07) is 6.84. The molecule has 1 fully saturated rings. The zero-order chi connectivity index (χ0) is 14.7. The molecular weight excluding hydrogens is 248 g/mol. The van der Waals surface area contributed by atoms with E-state index in [4.69, 9.17) is 0 Å². The van der Waals surface area contributed by atoms with Crippen molar-refractivity contribution in [3.63, 3.8) is 0 Å². The average molecular weight is 276 g/mol. The minimum atomic E-state index is 0.170. The fourth-order valence-corrected chi connectivity index (χ4v) is 3.24. The van der Waals surface area contributed by atoms with Crippen molar-refractivity contribution in [1.82, 2.24) is 5.32 Å². The first-order valence-electron chi connectivity index (χ1n) is 7.76. The van der Waals surface area contributed by atoms with Gasteiger partial charge >= 0.3 is 0 Å². The molecule has 112 valence electrons. The third-order valence-electron chi connectivity index (χ3n) is 4.78. The van der Waals surface area contributed by atoms with E-state index < -0.39 is 0 Å². The van der Waals surface area contributed by atoms with Crippen LogP contribution >= 0.6 is 0 Å². The van der Waals surface area contributed by atoms with Crippen molar-refractivity contribution in [2.24, 2.45) is 5.92 Å². The Morgan fingerprint density at radius 3 is 2.70 bits per heavy atom. The van der Waals surface area contributed by atoms with E-state index in [2.05, 4.69) is 37.2 Å². The second-order valence-corrected chi connectivity index (χ2v) is 6.29. The second kappa shape index (κ2) is 6.49. The smallest absolute Gasteiger partial charge is 0.122 e. The fraction of sp³-hybridized carbons (Fsp3) is 0.647. The van der Waals surface area contributed by atoms with Crippen molar-refractivity contribution in [2.75, 3.05) is 19.0 Å². The van der Waals surface area contributed by atoms with Crippen molar-refractivity contribution < 1.29 is 5.11 Å². The summed E-state index contributed by atoms with van der Waals surface area (Å²) in [5.41, 5.74) is 2.08. The molecule has 20 heavy (non-hydrogen) atoms. The molecule has 1 saturated carbocycles. The highest BCUT2D eigenvalue weighted by molar-refractivity contribution is 5.54. The van der Waals surface area contributed by atoms with E-state index in [9.17, 15) is 5.11 Å². The van der Waals surface area contributed by atoms with Crippen LogP contribution < -0.4 is 10.2 Å². The van der Waals surface area contributed by atoms with E-state index in [0.29, 0.717) is 11.8 Å². The van der Waals surface area contributed by atoms with E-state index in [1.54, 1.807) is 0 Å². The van der Waals surface area contributed by atoms with Gasteiger partial charge in [0.25, 0.3) is 0 Å². The Balaban J connectivity index is 2.14. The summed E-state index contributed by atoms with van der Waals surface area (Å²) in [6.45, 7) is 4.40. The number of hydrogen-bond donors (Lipinski definition) is 2. The van der Waals surface area contributed by atoms with Crippen molar-refractivity contribution >= 4 is 5.69 Å². The van der Waals surface area contributed by atoms with E-state index in [0.717, 1.165) is 17.2 Å². The van der Waals surface area contributed by atoms with Gasteiger partial charge in [0, 0.05) is 36.4 Å². The van der Waals surface area contributed by atoms with E-state index in [-0.39, 0.29) is 6.04 Å². The molecule has 3 atom stereocenters. The van der Waals surface area contributed by atoms with Crippen LogP contribution in [0.4, 0.5) is 5.69 Å². The molecule has 2 N–H and O–H groups in total. The zero-order valence-corrected chi connectivity index (χ0v) is 13.2. The molecule has 1 aliphatic carbocycles. The summed E-state index contributed by atoms with van der Waals surface area (Å²) in [5, 5.41) is 13.4. The van der Waals surface area contributed by atoms with Gasteiger partial charge in [-0.1, -0.05) is 25.8 Å². The number of phenols is 1. The lowest BCUT2D eigenvalue weighted by molar-refractivity contribution is 0.336. The minimum Gasteiger partial charge on any atom is -0.508 e. The predicted octanol–water partition coefficient (Wildman–Crippen LogP) is 3.69. The predicted molar refractivity (Wildman–Crippen MR) is 85.4 cm³/mol. The van der Waals surface area contributed by atoms with E-state index in [1.807, 2.05) is 19.2 Å². The zero-order valence-electron chi connectivity index (χ0n) is 13.2. The molecule has 0 aliphatic heterocycles. The Labute approximate surface area is 123 Å². The molecule has 0 radical (unpaired) electrons. The summed E-state index contributed by atoms with van der Waals surface area (Å²) >= 11 is 0. The molecule has 2 rings (SSSR count). The van der Waals surface area contributed by atoms with Crippen LogP contribution in [-0.4, -0.2) is 25.2 Å². The maximum atomic E-state index is 10.2. The maximum Gasteiger partial charge on any atom is 0.122 e. The van der Waals surface area contributed by atoms with Crippen LogP contribution in [-0.2, 0) is 0 Å². The molecule has 1 aromatic carbocycles. The van der Waals surface area contributed by atoms with Crippen molar-refractivity contribution in [3.05, 3.63) is 23.8 Å². The van der Waals surface area contributed by atoms with Gasteiger partial charge in [0.1, 0.15) is 5.75 Å². The third-order valence-corrected chi connectivity index (χ3v) is 4.78. The van der Waals surface area contributed by atoms with Crippen LogP contribution in [0.3, 0.4) is 0 Å². The number of hydrogen-bond acceptors (Lipinski definition) is 3. The number of rotatable bonds is 4. The van der Waals surface area contributed by atoms with Gasteiger partial charge in [-0.2, -0.15) is 0 Å². The molecule has 0 spiro atoms. The van der Waals surface area contributed by atoms with Gasteiger partial charge < -0.3 is 15.3 Å². The Bertz CT molecular complexity index is 447. The lowest BCUT2D eigenvalue weighted by Crippen LogP contribution is -2.35. The van der Waals surface area contributed by atoms with E-state index >= 15 is 0 Å². The van der Waals surface area contributed by atoms with Gasteiger partial charge in [0.05, 0.1) is 0 Å². The Morgan fingerprint density at radius 2 is 2.10 bits per heavy atom. The van der Waals surface area contributed by atoms with E-state index in [1.165, 1.54) is 25.7 Å². The standard InChI is InChI=1S/C17H28N2O/c1-12-6-5-7-14(10-12)19(4)15-8-9-16(13(2)18-3)17(20)11-15/h8-9,11-14,18,20H,5-7,10H2,1-4H3. The highest BCUT2D eigenvalue weighted by atomic mass is 16.3.